The van der Waals surface area contributed by atoms with Gasteiger partial charge in [0, 0.05) is 12.1 Å². The van der Waals surface area contributed by atoms with Crippen molar-refractivity contribution in [2.24, 2.45) is 0 Å². The van der Waals surface area contributed by atoms with E-state index in [4.69, 9.17) is 10.2 Å². The number of benzene rings is 3. The number of phenolic OH excluding ortho intramolecular Hbond substituents is 4. The molecule has 0 bridgehead atoms. The first kappa shape index (κ1) is 23.1. The van der Waals surface area contributed by atoms with Gasteiger partial charge < -0.3 is 20.4 Å². The highest BCUT2D eigenvalue weighted by Crippen LogP contribution is 2.36. The molecule has 30 heavy (non-hydrogen) atoms. The monoisotopic (exact) mass is 430 g/mol. The molecule has 160 valence electrons. The molecule has 7 heteroatoms. The summed E-state index contributed by atoms with van der Waals surface area (Å²) in [7, 11) is -4.16. The van der Waals surface area contributed by atoms with Gasteiger partial charge in [-0.05, 0) is 42.7 Å². The summed E-state index contributed by atoms with van der Waals surface area (Å²) in [6.45, 7) is 2.24. The first-order chi connectivity index (χ1) is 14.3. The zero-order valence-electron chi connectivity index (χ0n) is 16.7. The van der Waals surface area contributed by atoms with Crippen LogP contribution in [0.1, 0.15) is 31.7 Å². The molecule has 6 nitrogen and oxygen atoms in total. The van der Waals surface area contributed by atoms with Gasteiger partial charge in [0.2, 0.25) is 9.84 Å². The van der Waals surface area contributed by atoms with Crippen LogP contribution in [-0.4, -0.2) is 28.8 Å². The summed E-state index contributed by atoms with van der Waals surface area (Å²) in [4.78, 5) is -0.905. The molecular formula is C23H26O6S. The van der Waals surface area contributed by atoms with Crippen LogP contribution in [0, 0.1) is 0 Å². The zero-order valence-corrected chi connectivity index (χ0v) is 17.5. The van der Waals surface area contributed by atoms with Gasteiger partial charge in [-0.3, -0.25) is 0 Å². The van der Waals surface area contributed by atoms with Crippen LogP contribution in [0.25, 0.3) is 0 Å². The summed E-state index contributed by atoms with van der Waals surface area (Å²) in [6.07, 6.45) is 5.25. The van der Waals surface area contributed by atoms with Crippen LogP contribution in [0.5, 0.6) is 23.0 Å². The van der Waals surface area contributed by atoms with Gasteiger partial charge in [0.05, 0.1) is 0 Å². The van der Waals surface area contributed by atoms with Gasteiger partial charge in [-0.15, -0.1) is 0 Å². The summed E-state index contributed by atoms with van der Waals surface area (Å²) < 4.78 is 24.4. The molecule has 3 rings (SSSR count). The maximum absolute atomic E-state index is 12.2. The minimum atomic E-state index is -4.16. The van der Waals surface area contributed by atoms with Gasteiger partial charge in [-0.1, -0.05) is 50.1 Å². The number of phenols is 4. The van der Waals surface area contributed by atoms with Gasteiger partial charge in [-0.25, -0.2) is 8.42 Å². The first-order valence-electron chi connectivity index (χ1n) is 9.58. The van der Waals surface area contributed by atoms with E-state index in [1.165, 1.54) is 31.2 Å². The molecule has 0 atom stereocenters. The van der Waals surface area contributed by atoms with E-state index in [2.05, 4.69) is 37.3 Å². The van der Waals surface area contributed by atoms with Crippen molar-refractivity contribution in [1.82, 2.24) is 0 Å². The summed E-state index contributed by atoms with van der Waals surface area (Å²) in [5.74, 6) is -1.84. The molecule has 0 saturated heterocycles. The third-order valence-electron chi connectivity index (χ3n) is 4.38. The standard InChI is InChI=1S/C12H10O6S.C11H16/c13-7-1-3-11(9(15)5-7)19(17,18)12-4-2-8(14)6-10(12)16;1-2-3-5-8-11-9-6-4-7-10-11/h1-6,13-16H;4,6-7,9-10H,2-3,5,8H2,1H3. The fraction of sp³-hybridized carbons (Fsp3) is 0.217. The fourth-order valence-corrected chi connectivity index (χ4v) is 4.21. The Bertz CT molecular complexity index is 1000. The average Bonchev–Trinajstić information content (AvgIpc) is 2.69. The summed E-state index contributed by atoms with van der Waals surface area (Å²) in [6, 6.07) is 16.7. The first-order valence-corrected chi connectivity index (χ1v) is 11.1. The van der Waals surface area contributed by atoms with E-state index in [1.54, 1.807) is 0 Å². The Hall–Kier alpha value is -3.19. The summed E-state index contributed by atoms with van der Waals surface area (Å²) in [5.41, 5.74) is 1.47. The van der Waals surface area contributed by atoms with Gasteiger partial charge >= 0.3 is 0 Å². The van der Waals surface area contributed by atoms with Crippen molar-refractivity contribution < 1.29 is 28.8 Å². The zero-order chi connectivity index (χ0) is 22.1. The van der Waals surface area contributed by atoms with Crippen molar-refractivity contribution in [2.75, 3.05) is 0 Å². The van der Waals surface area contributed by atoms with E-state index in [9.17, 15) is 18.6 Å². The minimum absolute atomic E-state index is 0.286. The second kappa shape index (κ2) is 10.5. The number of aryl methyl sites for hydroxylation is 1. The molecule has 0 fully saturated rings. The second-order valence-corrected chi connectivity index (χ2v) is 8.64. The summed E-state index contributed by atoms with van der Waals surface area (Å²) in [5, 5.41) is 37.4. The molecule has 0 aliphatic heterocycles. The van der Waals surface area contributed by atoms with Crippen molar-refractivity contribution in [3.63, 3.8) is 0 Å². The molecule has 0 amide bonds. The van der Waals surface area contributed by atoms with E-state index in [0.717, 1.165) is 36.4 Å². The van der Waals surface area contributed by atoms with Crippen LogP contribution >= 0.6 is 0 Å². The second-order valence-electron chi connectivity index (χ2n) is 6.75. The molecule has 0 unspecified atom stereocenters. The van der Waals surface area contributed by atoms with E-state index in [-0.39, 0.29) is 11.5 Å². The molecule has 0 radical (unpaired) electrons. The van der Waals surface area contributed by atoms with E-state index >= 15 is 0 Å². The molecule has 0 aliphatic rings. The van der Waals surface area contributed by atoms with Crippen molar-refractivity contribution in [1.29, 1.82) is 0 Å². The number of aromatic hydroxyl groups is 4. The number of unbranched alkanes of at least 4 members (excludes halogenated alkanes) is 2. The number of hydrogen-bond donors (Lipinski definition) is 4. The van der Waals surface area contributed by atoms with Gasteiger partial charge in [0.25, 0.3) is 0 Å². The number of sulfone groups is 1. The normalized spacial score (nSPS) is 10.8. The molecule has 4 N–H and O–H groups in total. The Morgan fingerprint density at radius 1 is 0.700 bits per heavy atom. The Morgan fingerprint density at radius 3 is 1.63 bits per heavy atom. The Labute approximate surface area is 176 Å². The smallest absolute Gasteiger partial charge is 0.213 e. The SMILES string of the molecule is CCCCCc1ccccc1.O=S(=O)(c1ccc(O)cc1O)c1ccc(O)cc1O. The molecule has 0 saturated carbocycles. The molecule has 3 aromatic carbocycles. The Balaban J connectivity index is 0.000000248. The molecule has 3 aromatic rings. The topological polar surface area (TPSA) is 115 Å². The highest BCUT2D eigenvalue weighted by molar-refractivity contribution is 7.91. The number of rotatable bonds is 6. The largest absolute Gasteiger partial charge is 0.508 e. The van der Waals surface area contributed by atoms with Gasteiger partial charge in [0.15, 0.2) is 0 Å². The van der Waals surface area contributed by atoms with Gasteiger partial charge in [-0.2, -0.15) is 0 Å². The fourth-order valence-electron chi connectivity index (χ4n) is 2.81. The van der Waals surface area contributed by atoms with Crippen LogP contribution in [0.4, 0.5) is 0 Å². The lowest BCUT2D eigenvalue weighted by Crippen LogP contribution is -2.02. The van der Waals surface area contributed by atoms with Crippen molar-refractivity contribution in [3.05, 3.63) is 72.3 Å². The lowest BCUT2D eigenvalue weighted by Gasteiger charge is -2.08. The predicted octanol–water partition coefficient (Wildman–Crippen LogP) is 4.76. The third-order valence-corrected chi connectivity index (χ3v) is 6.22. The van der Waals surface area contributed by atoms with Crippen LogP contribution in [0.3, 0.4) is 0 Å². The lowest BCUT2D eigenvalue weighted by molar-refractivity contribution is 0.436. The summed E-state index contributed by atoms with van der Waals surface area (Å²) >= 11 is 0. The maximum Gasteiger partial charge on any atom is 0.213 e. The van der Waals surface area contributed by atoms with E-state index in [0.29, 0.717) is 0 Å². The predicted molar refractivity (Wildman–Crippen MR) is 115 cm³/mol. The molecular weight excluding hydrogens is 404 g/mol. The Morgan fingerprint density at radius 2 is 1.20 bits per heavy atom. The highest BCUT2D eigenvalue weighted by Gasteiger charge is 2.25. The highest BCUT2D eigenvalue weighted by atomic mass is 32.2. The van der Waals surface area contributed by atoms with Crippen molar-refractivity contribution >= 4 is 9.84 Å². The molecule has 0 aliphatic carbocycles. The van der Waals surface area contributed by atoms with Crippen LogP contribution in [0.2, 0.25) is 0 Å². The molecule has 0 aromatic heterocycles. The average molecular weight is 431 g/mol. The van der Waals surface area contributed by atoms with E-state index in [1.807, 2.05) is 0 Å². The molecule has 0 spiro atoms. The van der Waals surface area contributed by atoms with Crippen LogP contribution in [0.15, 0.2) is 76.5 Å². The van der Waals surface area contributed by atoms with E-state index < -0.39 is 31.1 Å². The Kier molecular flexibility index (Phi) is 8.12. The minimum Gasteiger partial charge on any atom is -0.508 e. The number of hydrogen-bond acceptors (Lipinski definition) is 6. The van der Waals surface area contributed by atoms with Crippen LogP contribution in [-0.2, 0) is 16.3 Å². The maximum atomic E-state index is 12.2. The molecule has 0 heterocycles. The lowest BCUT2D eigenvalue weighted by atomic mass is 10.1. The van der Waals surface area contributed by atoms with Gasteiger partial charge in [0.1, 0.15) is 32.8 Å². The van der Waals surface area contributed by atoms with Crippen LogP contribution < -0.4 is 0 Å². The quantitative estimate of drug-likeness (QED) is 0.419. The third kappa shape index (κ3) is 6.15. The van der Waals surface area contributed by atoms with Crippen molar-refractivity contribution in [2.45, 2.75) is 42.4 Å². The van der Waals surface area contributed by atoms with Crippen molar-refractivity contribution in [3.8, 4) is 23.0 Å².